The first-order valence-electron chi connectivity index (χ1n) is 12.6. The van der Waals surface area contributed by atoms with Gasteiger partial charge in [-0.2, -0.15) is 0 Å². The van der Waals surface area contributed by atoms with E-state index in [1.807, 2.05) is 6.07 Å². The number of fused-ring (bicyclic) bond motifs is 1. The van der Waals surface area contributed by atoms with Crippen molar-refractivity contribution in [3.63, 3.8) is 0 Å². The Morgan fingerprint density at radius 2 is 1.62 bits per heavy atom. The number of para-hydroxylation sites is 2. The highest BCUT2D eigenvalue weighted by molar-refractivity contribution is 5.91. The first kappa shape index (κ1) is 24.1. The summed E-state index contributed by atoms with van der Waals surface area (Å²) in [5, 5.41) is 2.93. The third-order valence-electron chi connectivity index (χ3n) is 6.08. The van der Waals surface area contributed by atoms with Crippen LogP contribution >= 0.6 is 0 Å². The number of carbonyl (C=O) groups is 1. The highest BCUT2D eigenvalue weighted by Gasteiger charge is 2.11. The third kappa shape index (κ3) is 7.54. The second-order valence-corrected chi connectivity index (χ2v) is 8.69. The molecule has 1 N–H and O–H groups in total. The van der Waals surface area contributed by atoms with E-state index >= 15 is 0 Å². The standard InChI is InChI=1S/C27H39N3O2/c1-2-3-4-5-6-7-8-9-10-13-21-30-24-17-12-11-16-23(24)29-26(30)19-14-20-28-27(31)25-18-15-22-32-25/h11-12,15-18,22H,2-10,13-14,19-21H2,1H3,(H,28,31). The second kappa shape index (κ2) is 13.8. The lowest BCUT2D eigenvalue weighted by molar-refractivity contribution is 0.0925. The van der Waals surface area contributed by atoms with Crippen molar-refractivity contribution in [3.05, 3.63) is 54.2 Å². The Bertz CT molecular complexity index is 914. The molecule has 174 valence electrons. The Labute approximate surface area is 192 Å². The zero-order chi connectivity index (χ0) is 22.4. The normalized spacial score (nSPS) is 11.3. The minimum atomic E-state index is -0.158. The van der Waals surface area contributed by atoms with Crippen molar-refractivity contribution in [2.24, 2.45) is 0 Å². The smallest absolute Gasteiger partial charge is 0.286 e. The summed E-state index contributed by atoms with van der Waals surface area (Å²) in [5.74, 6) is 1.32. The van der Waals surface area contributed by atoms with Gasteiger partial charge in [0, 0.05) is 19.5 Å². The van der Waals surface area contributed by atoms with E-state index in [0.29, 0.717) is 12.3 Å². The van der Waals surface area contributed by atoms with Crippen molar-refractivity contribution < 1.29 is 9.21 Å². The Balaban J connectivity index is 1.41. The zero-order valence-corrected chi connectivity index (χ0v) is 19.7. The maximum atomic E-state index is 12.0. The van der Waals surface area contributed by atoms with Gasteiger partial charge in [0.1, 0.15) is 5.82 Å². The molecule has 0 radical (unpaired) electrons. The summed E-state index contributed by atoms with van der Waals surface area (Å²) >= 11 is 0. The summed E-state index contributed by atoms with van der Waals surface area (Å²) in [7, 11) is 0. The van der Waals surface area contributed by atoms with Crippen LogP contribution in [-0.2, 0) is 13.0 Å². The third-order valence-corrected chi connectivity index (χ3v) is 6.08. The Morgan fingerprint density at radius 3 is 2.34 bits per heavy atom. The predicted octanol–water partition coefficient (Wildman–Crippen LogP) is 6.91. The molecular weight excluding hydrogens is 398 g/mol. The van der Waals surface area contributed by atoms with Gasteiger partial charge in [0.2, 0.25) is 0 Å². The van der Waals surface area contributed by atoms with Gasteiger partial charge in [-0.1, -0.05) is 76.8 Å². The minimum Gasteiger partial charge on any atom is -0.459 e. The van der Waals surface area contributed by atoms with E-state index in [-0.39, 0.29) is 5.91 Å². The van der Waals surface area contributed by atoms with Crippen LogP contribution in [0.25, 0.3) is 11.0 Å². The van der Waals surface area contributed by atoms with Crippen molar-refractivity contribution >= 4 is 16.9 Å². The lowest BCUT2D eigenvalue weighted by Crippen LogP contribution is -2.24. The lowest BCUT2D eigenvalue weighted by atomic mass is 10.1. The number of aromatic nitrogens is 2. The Morgan fingerprint density at radius 1 is 0.906 bits per heavy atom. The molecule has 0 saturated carbocycles. The van der Waals surface area contributed by atoms with Crippen molar-refractivity contribution in [2.45, 2.75) is 90.5 Å². The molecule has 0 aliphatic carbocycles. The quantitative estimate of drug-likeness (QED) is 0.248. The zero-order valence-electron chi connectivity index (χ0n) is 19.7. The molecule has 3 rings (SSSR count). The van der Waals surface area contributed by atoms with Crippen LogP contribution in [0.15, 0.2) is 47.1 Å². The van der Waals surface area contributed by atoms with Crippen LogP contribution in [0.3, 0.4) is 0 Å². The lowest BCUT2D eigenvalue weighted by Gasteiger charge is -2.10. The molecule has 32 heavy (non-hydrogen) atoms. The molecular formula is C27H39N3O2. The molecule has 5 nitrogen and oxygen atoms in total. The van der Waals surface area contributed by atoms with E-state index in [1.165, 1.54) is 76.0 Å². The van der Waals surface area contributed by atoms with Crippen molar-refractivity contribution in [3.8, 4) is 0 Å². The van der Waals surface area contributed by atoms with Gasteiger partial charge in [0.15, 0.2) is 5.76 Å². The number of rotatable bonds is 16. The number of aryl methyl sites for hydroxylation is 2. The minimum absolute atomic E-state index is 0.158. The van der Waals surface area contributed by atoms with Gasteiger partial charge in [-0.25, -0.2) is 4.98 Å². The van der Waals surface area contributed by atoms with E-state index in [4.69, 9.17) is 9.40 Å². The molecule has 0 bridgehead atoms. The molecule has 0 unspecified atom stereocenters. The number of imidazole rings is 1. The van der Waals surface area contributed by atoms with Gasteiger partial charge in [-0.3, -0.25) is 4.79 Å². The maximum absolute atomic E-state index is 12.0. The first-order valence-corrected chi connectivity index (χ1v) is 12.6. The van der Waals surface area contributed by atoms with E-state index in [2.05, 4.69) is 35.0 Å². The van der Waals surface area contributed by atoms with Crippen LogP contribution in [-0.4, -0.2) is 22.0 Å². The number of hydrogen-bond acceptors (Lipinski definition) is 3. The highest BCUT2D eigenvalue weighted by Crippen LogP contribution is 2.19. The number of nitrogens with zero attached hydrogens (tertiary/aromatic N) is 2. The highest BCUT2D eigenvalue weighted by atomic mass is 16.3. The van der Waals surface area contributed by atoms with Crippen LogP contribution in [0.1, 0.15) is 93.9 Å². The number of nitrogens with one attached hydrogen (secondary N) is 1. The largest absolute Gasteiger partial charge is 0.459 e. The number of carbonyl (C=O) groups excluding carboxylic acids is 1. The second-order valence-electron chi connectivity index (χ2n) is 8.69. The van der Waals surface area contributed by atoms with Gasteiger partial charge in [-0.15, -0.1) is 0 Å². The Kier molecular flexibility index (Phi) is 10.4. The van der Waals surface area contributed by atoms with Crippen LogP contribution < -0.4 is 5.32 Å². The van der Waals surface area contributed by atoms with Crippen LogP contribution in [0.4, 0.5) is 0 Å². The molecule has 0 aliphatic heterocycles. The van der Waals surface area contributed by atoms with Gasteiger partial charge < -0.3 is 14.3 Å². The van der Waals surface area contributed by atoms with Crippen molar-refractivity contribution in [2.75, 3.05) is 6.54 Å². The monoisotopic (exact) mass is 437 g/mol. The van der Waals surface area contributed by atoms with E-state index < -0.39 is 0 Å². The van der Waals surface area contributed by atoms with Crippen molar-refractivity contribution in [1.82, 2.24) is 14.9 Å². The number of furan rings is 1. The molecule has 3 aromatic rings. The molecule has 0 aliphatic rings. The van der Waals surface area contributed by atoms with Gasteiger partial charge in [0.25, 0.3) is 5.91 Å². The van der Waals surface area contributed by atoms with Gasteiger partial charge in [0.05, 0.1) is 17.3 Å². The van der Waals surface area contributed by atoms with E-state index in [1.54, 1.807) is 12.1 Å². The topological polar surface area (TPSA) is 60.1 Å². The fourth-order valence-electron chi connectivity index (χ4n) is 4.27. The fraction of sp³-hybridized carbons (Fsp3) is 0.556. The van der Waals surface area contributed by atoms with Gasteiger partial charge >= 0.3 is 0 Å². The molecule has 0 saturated heterocycles. The average molecular weight is 438 g/mol. The number of hydrogen-bond donors (Lipinski definition) is 1. The van der Waals surface area contributed by atoms with Crippen LogP contribution in [0.2, 0.25) is 0 Å². The summed E-state index contributed by atoms with van der Waals surface area (Å²) in [5.41, 5.74) is 2.28. The molecule has 1 amide bonds. The number of amides is 1. The number of benzene rings is 1. The molecule has 0 atom stereocenters. The molecule has 2 heterocycles. The van der Waals surface area contributed by atoms with E-state index in [9.17, 15) is 4.79 Å². The SMILES string of the molecule is CCCCCCCCCCCCn1c(CCCNC(=O)c2ccco2)nc2ccccc21. The Hall–Kier alpha value is -2.56. The van der Waals surface area contributed by atoms with Crippen LogP contribution in [0, 0.1) is 0 Å². The van der Waals surface area contributed by atoms with Crippen molar-refractivity contribution in [1.29, 1.82) is 0 Å². The fourth-order valence-corrected chi connectivity index (χ4v) is 4.27. The van der Waals surface area contributed by atoms with Crippen LogP contribution in [0.5, 0.6) is 0 Å². The molecule has 1 aromatic carbocycles. The summed E-state index contributed by atoms with van der Waals surface area (Å²) in [6.07, 6.45) is 16.7. The summed E-state index contributed by atoms with van der Waals surface area (Å²) in [6, 6.07) is 11.8. The maximum Gasteiger partial charge on any atom is 0.286 e. The average Bonchev–Trinajstić information content (AvgIpc) is 3.46. The molecule has 0 spiro atoms. The first-order chi connectivity index (χ1) is 15.8. The number of unbranched alkanes of at least 4 members (excludes halogenated alkanes) is 9. The summed E-state index contributed by atoms with van der Waals surface area (Å²) in [6.45, 7) is 3.90. The summed E-state index contributed by atoms with van der Waals surface area (Å²) in [4.78, 5) is 16.9. The molecule has 5 heteroatoms. The molecule has 2 aromatic heterocycles. The summed E-state index contributed by atoms with van der Waals surface area (Å²) < 4.78 is 7.53. The van der Waals surface area contributed by atoms with Gasteiger partial charge in [-0.05, 0) is 37.1 Å². The molecule has 0 fully saturated rings. The predicted molar refractivity (Wildman–Crippen MR) is 131 cm³/mol. The van der Waals surface area contributed by atoms with E-state index in [0.717, 1.165) is 30.7 Å².